The predicted molar refractivity (Wildman–Crippen MR) is 65.0 cm³/mol. The highest BCUT2D eigenvalue weighted by Gasteiger charge is 2.22. The lowest BCUT2D eigenvalue weighted by Gasteiger charge is -2.09. The summed E-state index contributed by atoms with van der Waals surface area (Å²) in [6, 6.07) is 3.16. The molecule has 2 aromatic rings. The number of aliphatic hydroxyl groups is 1. The van der Waals surface area contributed by atoms with E-state index in [1.165, 1.54) is 18.6 Å². The Hall–Kier alpha value is -1.77. The smallest absolute Gasteiger partial charge is 0.243 e. The van der Waals surface area contributed by atoms with Gasteiger partial charge in [0, 0.05) is 12.1 Å². The van der Waals surface area contributed by atoms with Gasteiger partial charge in [0.25, 0.3) is 0 Å². The third-order valence-corrected chi connectivity index (χ3v) is 3.97. The second-order valence-electron chi connectivity index (χ2n) is 4.00. The van der Waals surface area contributed by atoms with E-state index in [2.05, 4.69) is 4.72 Å². The standard InChI is InChI=1S/C12H11F2NO4S/c13-10-3-9(6-16)4-11(12(10)14)20(17,18)15-5-8-1-2-19-7-8/h1-4,7,15-16H,5-6H2. The Balaban J connectivity index is 2.31. The van der Waals surface area contributed by atoms with Gasteiger partial charge in [0.05, 0.1) is 19.1 Å². The van der Waals surface area contributed by atoms with Gasteiger partial charge in [-0.2, -0.15) is 0 Å². The number of hydrogen-bond acceptors (Lipinski definition) is 4. The number of sulfonamides is 1. The summed E-state index contributed by atoms with van der Waals surface area (Å²) < 4.78 is 57.6. The summed E-state index contributed by atoms with van der Waals surface area (Å²) in [6.07, 6.45) is 2.68. The lowest BCUT2D eigenvalue weighted by molar-refractivity contribution is 0.280. The SMILES string of the molecule is O=S(=O)(NCc1ccoc1)c1cc(CO)cc(F)c1F. The van der Waals surface area contributed by atoms with Crippen molar-refractivity contribution in [1.82, 2.24) is 4.72 Å². The summed E-state index contributed by atoms with van der Waals surface area (Å²) in [4.78, 5) is -0.843. The summed E-state index contributed by atoms with van der Waals surface area (Å²) >= 11 is 0. The molecule has 0 aliphatic rings. The van der Waals surface area contributed by atoms with Crippen LogP contribution in [0.5, 0.6) is 0 Å². The van der Waals surface area contributed by atoms with Crippen LogP contribution in [0.4, 0.5) is 8.78 Å². The molecule has 0 bridgehead atoms. The maximum absolute atomic E-state index is 13.6. The maximum atomic E-state index is 13.6. The Morgan fingerprint density at radius 2 is 2.00 bits per heavy atom. The van der Waals surface area contributed by atoms with Crippen LogP contribution in [0.15, 0.2) is 40.0 Å². The monoisotopic (exact) mass is 303 g/mol. The molecule has 0 unspecified atom stereocenters. The van der Waals surface area contributed by atoms with Gasteiger partial charge in [-0.15, -0.1) is 0 Å². The third kappa shape index (κ3) is 3.03. The van der Waals surface area contributed by atoms with E-state index in [9.17, 15) is 17.2 Å². The first-order chi connectivity index (χ1) is 9.44. The minimum atomic E-state index is -4.24. The van der Waals surface area contributed by atoms with Crippen molar-refractivity contribution in [2.45, 2.75) is 18.0 Å². The van der Waals surface area contributed by atoms with Gasteiger partial charge in [0.15, 0.2) is 11.6 Å². The summed E-state index contributed by atoms with van der Waals surface area (Å²) in [5.74, 6) is -2.82. The molecule has 0 saturated heterocycles. The quantitative estimate of drug-likeness (QED) is 0.878. The zero-order chi connectivity index (χ0) is 14.8. The molecular weight excluding hydrogens is 292 g/mol. The lowest BCUT2D eigenvalue weighted by atomic mass is 10.2. The highest BCUT2D eigenvalue weighted by atomic mass is 32.2. The van der Waals surface area contributed by atoms with Crippen LogP contribution < -0.4 is 4.72 Å². The van der Waals surface area contributed by atoms with Crippen molar-refractivity contribution < 1.29 is 26.7 Å². The molecule has 0 aliphatic carbocycles. The lowest BCUT2D eigenvalue weighted by Crippen LogP contribution is -2.24. The van der Waals surface area contributed by atoms with E-state index >= 15 is 0 Å². The molecule has 108 valence electrons. The normalized spacial score (nSPS) is 11.8. The molecule has 1 aromatic heterocycles. The summed E-state index contributed by atoms with van der Waals surface area (Å²) in [5.41, 5.74) is 0.500. The highest BCUT2D eigenvalue weighted by molar-refractivity contribution is 7.89. The number of rotatable bonds is 5. The van der Waals surface area contributed by atoms with E-state index < -0.39 is 33.2 Å². The number of halogens is 2. The first-order valence-electron chi connectivity index (χ1n) is 5.53. The second-order valence-corrected chi connectivity index (χ2v) is 5.74. The molecule has 0 aliphatic heterocycles. The number of hydrogen-bond donors (Lipinski definition) is 2. The number of aliphatic hydroxyl groups excluding tert-OH is 1. The third-order valence-electron chi connectivity index (χ3n) is 2.57. The van der Waals surface area contributed by atoms with Gasteiger partial charge in [-0.25, -0.2) is 21.9 Å². The van der Waals surface area contributed by atoms with E-state index in [1.54, 1.807) is 0 Å². The summed E-state index contributed by atoms with van der Waals surface area (Å²) in [6.45, 7) is -0.718. The van der Waals surface area contributed by atoms with E-state index in [1.807, 2.05) is 0 Å². The van der Waals surface area contributed by atoms with Gasteiger partial charge >= 0.3 is 0 Å². The van der Waals surface area contributed by atoms with Crippen LogP contribution in [0.25, 0.3) is 0 Å². The Kier molecular flexibility index (Phi) is 4.17. The van der Waals surface area contributed by atoms with Crippen LogP contribution in [0, 0.1) is 11.6 Å². The fourth-order valence-electron chi connectivity index (χ4n) is 1.55. The molecule has 0 spiro atoms. The molecule has 0 fully saturated rings. The van der Waals surface area contributed by atoms with Crippen LogP contribution in [-0.2, 0) is 23.2 Å². The molecule has 0 radical (unpaired) electrons. The first kappa shape index (κ1) is 14.6. The van der Waals surface area contributed by atoms with E-state index in [4.69, 9.17) is 9.52 Å². The zero-order valence-electron chi connectivity index (χ0n) is 10.1. The van der Waals surface area contributed by atoms with Gasteiger partial charge in [0.1, 0.15) is 4.90 Å². The molecule has 0 saturated carbocycles. The molecule has 1 heterocycles. The van der Waals surface area contributed by atoms with E-state index in [0.29, 0.717) is 5.56 Å². The summed E-state index contributed by atoms with van der Waals surface area (Å²) in [7, 11) is -4.24. The Bertz CT molecular complexity index is 698. The fraction of sp³-hybridized carbons (Fsp3) is 0.167. The van der Waals surface area contributed by atoms with Crippen LogP contribution >= 0.6 is 0 Å². The van der Waals surface area contributed by atoms with Crippen molar-refractivity contribution >= 4 is 10.0 Å². The van der Waals surface area contributed by atoms with Crippen molar-refractivity contribution in [3.8, 4) is 0 Å². The highest BCUT2D eigenvalue weighted by Crippen LogP contribution is 2.20. The van der Waals surface area contributed by atoms with Gasteiger partial charge in [-0.05, 0) is 23.8 Å². The van der Waals surface area contributed by atoms with Crippen LogP contribution in [0.2, 0.25) is 0 Å². The van der Waals surface area contributed by atoms with Gasteiger partial charge in [-0.1, -0.05) is 0 Å². The topological polar surface area (TPSA) is 79.5 Å². The maximum Gasteiger partial charge on any atom is 0.243 e. The average molecular weight is 303 g/mol. The molecule has 2 N–H and O–H groups in total. The largest absolute Gasteiger partial charge is 0.472 e. The fourth-order valence-corrected chi connectivity index (χ4v) is 2.71. The van der Waals surface area contributed by atoms with Crippen molar-refractivity contribution in [2.24, 2.45) is 0 Å². The molecular formula is C12H11F2NO4S. The van der Waals surface area contributed by atoms with Gasteiger partial charge in [-0.3, -0.25) is 0 Å². The van der Waals surface area contributed by atoms with Crippen LogP contribution in [0.1, 0.15) is 11.1 Å². The summed E-state index contributed by atoms with van der Waals surface area (Å²) in [5, 5.41) is 8.91. The van der Waals surface area contributed by atoms with Crippen molar-refractivity contribution in [3.63, 3.8) is 0 Å². The minimum absolute atomic E-state index is 0.0346. The molecule has 2 rings (SSSR count). The molecule has 0 atom stereocenters. The second kappa shape index (κ2) is 5.70. The van der Waals surface area contributed by atoms with E-state index in [-0.39, 0.29) is 12.1 Å². The zero-order valence-corrected chi connectivity index (χ0v) is 11.0. The van der Waals surface area contributed by atoms with Crippen molar-refractivity contribution in [2.75, 3.05) is 0 Å². The van der Waals surface area contributed by atoms with Gasteiger partial charge in [0.2, 0.25) is 10.0 Å². The molecule has 5 nitrogen and oxygen atoms in total. The predicted octanol–water partition coefficient (Wildman–Crippen LogP) is 1.53. The Morgan fingerprint density at radius 3 is 2.60 bits per heavy atom. The van der Waals surface area contributed by atoms with E-state index in [0.717, 1.165) is 12.1 Å². The van der Waals surface area contributed by atoms with Crippen molar-refractivity contribution in [1.29, 1.82) is 0 Å². The molecule has 8 heteroatoms. The minimum Gasteiger partial charge on any atom is -0.472 e. The van der Waals surface area contributed by atoms with Crippen LogP contribution in [0.3, 0.4) is 0 Å². The number of furan rings is 1. The first-order valence-corrected chi connectivity index (χ1v) is 7.02. The Labute approximate surface area is 113 Å². The van der Waals surface area contributed by atoms with Crippen molar-refractivity contribution in [3.05, 3.63) is 53.5 Å². The Morgan fingerprint density at radius 1 is 1.25 bits per heavy atom. The number of nitrogens with one attached hydrogen (secondary N) is 1. The average Bonchev–Trinajstić information content (AvgIpc) is 2.92. The molecule has 0 amide bonds. The van der Waals surface area contributed by atoms with Gasteiger partial charge < -0.3 is 9.52 Å². The molecule has 1 aromatic carbocycles. The molecule has 20 heavy (non-hydrogen) atoms. The number of benzene rings is 1. The van der Waals surface area contributed by atoms with Crippen LogP contribution in [-0.4, -0.2) is 13.5 Å².